The number of benzene rings is 1. The molecule has 1 aromatic rings. The zero-order valence-electron chi connectivity index (χ0n) is 14.2. The lowest BCUT2D eigenvalue weighted by Crippen LogP contribution is -2.32. The molecule has 0 aliphatic heterocycles. The van der Waals surface area contributed by atoms with Crippen LogP contribution in [0.2, 0.25) is 0 Å². The summed E-state index contributed by atoms with van der Waals surface area (Å²) in [4.78, 5) is 11.4. The highest BCUT2D eigenvalue weighted by Crippen LogP contribution is 2.18. The fourth-order valence-electron chi connectivity index (χ4n) is 1.54. The molecule has 1 aromatic carbocycles. The van der Waals surface area contributed by atoms with E-state index in [1.54, 1.807) is 0 Å². The second-order valence-electron chi connectivity index (χ2n) is 6.90. The highest BCUT2D eigenvalue weighted by atomic mass is 16.6. The van der Waals surface area contributed by atoms with Gasteiger partial charge in [-0.2, -0.15) is 0 Å². The minimum atomic E-state index is -0.500. The molecule has 22 heavy (non-hydrogen) atoms. The molecule has 1 amide bonds. The Morgan fingerprint density at radius 1 is 1.05 bits per heavy atom. The van der Waals surface area contributed by atoms with Gasteiger partial charge in [0, 0.05) is 5.56 Å². The van der Waals surface area contributed by atoms with Crippen molar-refractivity contribution in [2.45, 2.75) is 52.7 Å². The molecule has 0 aromatic heterocycles. The van der Waals surface area contributed by atoms with E-state index >= 15 is 0 Å². The van der Waals surface area contributed by atoms with Crippen LogP contribution in [0.15, 0.2) is 24.3 Å². The molecule has 4 heteroatoms. The Balaban J connectivity index is 2.47. The van der Waals surface area contributed by atoms with E-state index in [1.807, 2.05) is 65.8 Å². The smallest absolute Gasteiger partial charge is 0.408 e. The Morgan fingerprint density at radius 2 is 1.64 bits per heavy atom. The van der Waals surface area contributed by atoms with Crippen LogP contribution < -0.4 is 10.1 Å². The number of amides is 1. The average molecular weight is 303 g/mol. The molecular weight excluding hydrogens is 278 g/mol. The summed E-state index contributed by atoms with van der Waals surface area (Å²) < 4.78 is 10.9. The van der Waals surface area contributed by atoms with Crippen molar-refractivity contribution < 1.29 is 14.3 Å². The molecule has 0 radical (unpaired) electrons. The molecule has 0 fully saturated rings. The van der Waals surface area contributed by atoms with Crippen LogP contribution in [0.1, 0.15) is 47.1 Å². The summed E-state index contributed by atoms with van der Waals surface area (Å²) >= 11 is 0. The van der Waals surface area contributed by atoms with Crippen molar-refractivity contribution in [2.24, 2.45) is 0 Å². The van der Waals surface area contributed by atoms with E-state index in [4.69, 9.17) is 9.47 Å². The van der Waals surface area contributed by atoms with Crippen molar-refractivity contribution in [1.82, 2.24) is 5.32 Å². The van der Waals surface area contributed by atoms with Gasteiger partial charge in [0.2, 0.25) is 0 Å². The van der Waals surface area contributed by atoms with Crippen molar-refractivity contribution in [1.29, 1.82) is 0 Å². The van der Waals surface area contributed by atoms with Crippen LogP contribution in [-0.4, -0.2) is 23.8 Å². The summed E-state index contributed by atoms with van der Waals surface area (Å²) in [5, 5.41) is 2.59. The van der Waals surface area contributed by atoms with Crippen molar-refractivity contribution in [2.75, 3.05) is 6.54 Å². The molecule has 1 rings (SSSR count). The van der Waals surface area contributed by atoms with Gasteiger partial charge in [-0.1, -0.05) is 11.8 Å². The van der Waals surface area contributed by atoms with Gasteiger partial charge in [-0.3, -0.25) is 0 Å². The monoisotopic (exact) mass is 303 g/mol. The Bertz CT molecular complexity index is 551. The van der Waals surface area contributed by atoms with Gasteiger partial charge in [0.1, 0.15) is 17.0 Å². The number of carbonyl (C=O) groups excluding carboxylic acids is 1. The predicted octanol–water partition coefficient (Wildman–Crippen LogP) is 3.74. The van der Waals surface area contributed by atoms with Gasteiger partial charge in [-0.05, 0) is 65.8 Å². The minimum Gasteiger partial charge on any atom is -0.488 e. The fourth-order valence-corrected chi connectivity index (χ4v) is 1.54. The lowest BCUT2D eigenvalue weighted by atomic mass is 10.2. The van der Waals surface area contributed by atoms with Crippen LogP contribution in [0.25, 0.3) is 0 Å². The molecule has 0 bridgehead atoms. The number of alkyl carbamates (subject to hydrolysis) is 1. The van der Waals surface area contributed by atoms with Gasteiger partial charge in [-0.25, -0.2) is 4.79 Å². The summed E-state index contributed by atoms with van der Waals surface area (Å²) in [5.74, 6) is 6.67. The minimum absolute atomic E-state index is 0.218. The molecule has 0 aliphatic carbocycles. The van der Waals surface area contributed by atoms with Crippen LogP contribution in [0.5, 0.6) is 5.75 Å². The third-order valence-corrected chi connectivity index (χ3v) is 2.23. The van der Waals surface area contributed by atoms with E-state index in [9.17, 15) is 4.79 Å². The van der Waals surface area contributed by atoms with Crippen LogP contribution in [0, 0.1) is 11.8 Å². The number of carbonyl (C=O) groups is 1. The molecule has 0 saturated heterocycles. The first-order valence-corrected chi connectivity index (χ1v) is 7.30. The average Bonchev–Trinajstić information content (AvgIpc) is 2.32. The maximum atomic E-state index is 11.4. The summed E-state index contributed by atoms with van der Waals surface area (Å²) in [6, 6.07) is 7.55. The Morgan fingerprint density at radius 3 is 2.14 bits per heavy atom. The van der Waals surface area contributed by atoms with Crippen molar-refractivity contribution in [3.63, 3.8) is 0 Å². The first-order chi connectivity index (χ1) is 10.1. The maximum absolute atomic E-state index is 11.4. The van der Waals surface area contributed by atoms with Gasteiger partial charge in [0.05, 0.1) is 6.54 Å². The van der Waals surface area contributed by atoms with E-state index < -0.39 is 11.7 Å². The van der Waals surface area contributed by atoms with Crippen molar-refractivity contribution in [3.05, 3.63) is 29.8 Å². The number of hydrogen-bond acceptors (Lipinski definition) is 3. The lowest BCUT2D eigenvalue weighted by Gasteiger charge is -2.21. The third kappa shape index (κ3) is 8.21. The summed E-state index contributed by atoms with van der Waals surface area (Å²) in [5.41, 5.74) is 0.150. The molecule has 0 saturated carbocycles. The van der Waals surface area contributed by atoms with E-state index in [1.165, 1.54) is 0 Å². The van der Waals surface area contributed by atoms with Gasteiger partial charge in [-0.15, -0.1) is 0 Å². The second kappa shape index (κ2) is 7.22. The quantitative estimate of drug-likeness (QED) is 0.847. The first-order valence-electron chi connectivity index (χ1n) is 7.30. The van der Waals surface area contributed by atoms with Crippen molar-refractivity contribution in [3.8, 4) is 17.6 Å². The van der Waals surface area contributed by atoms with Crippen LogP contribution in [0.3, 0.4) is 0 Å². The molecule has 0 spiro atoms. The highest BCUT2D eigenvalue weighted by molar-refractivity contribution is 5.68. The predicted molar refractivity (Wildman–Crippen MR) is 87.9 cm³/mol. The topological polar surface area (TPSA) is 47.6 Å². The molecule has 0 unspecified atom stereocenters. The highest BCUT2D eigenvalue weighted by Gasteiger charge is 2.15. The van der Waals surface area contributed by atoms with E-state index in [0.717, 1.165) is 11.3 Å². The van der Waals surface area contributed by atoms with Crippen LogP contribution in [0.4, 0.5) is 4.79 Å². The standard InChI is InChI=1S/C18H25NO3/c1-17(2,3)21-15-11-9-14(10-12-15)8-7-13-19-16(20)22-18(4,5)6/h9-12H,13H2,1-6H3,(H,19,20). The van der Waals surface area contributed by atoms with E-state index in [2.05, 4.69) is 17.2 Å². The Labute approximate surface area is 133 Å². The summed E-state index contributed by atoms with van der Waals surface area (Å²) in [7, 11) is 0. The molecule has 4 nitrogen and oxygen atoms in total. The largest absolute Gasteiger partial charge is 0.488 e. The second-order valence-corrected chi connectivity index (χ2v) is 6.90. The Hall–Kier alpha value is -2.15. The fraction of sp³-hybridized carbons (Fsp3) is 0.500. The molecule has 1 N–H and O–H groups in total. The Kier molecular flexibility index (Phi) is 5.87. The SMILES string of the molecule is CC(C)(C)OC(=O)NCC#Cc1ccc(OC(C)(C)C)cc1. The normalized spacial score (nSPS) is 11.2. The van der Waals surface area contributed by atoms with E-state index in [0.29, 0.717) is 0 Å². The van der Waals surface area contributed by atoms with Gasteiger partial charge >= 0.3 is 6.09 Å². The number of nitrogens with one attached hydrogen (secondary N) is 1. The maximum Gasteiger partial charge on any atom is 0.408 e. The van der Waals surface area contributed by atoms with Crippen LogP contribution >= 0.6 is 0 Å². The number of ether oxygens (including phenoxy) is 2. The summed E-state index contributed by atoms with van der Waals surface area (Å²) in [6.07, 6.45) is -0.462. The zero-order chi connectivity index (χ0) is 16.8. The van der Waals surface area contributed by atoms with Crippen molar-refractivity contribution >= 4 is 6.09 Å². The molecule has 0 atom stereocenters. The molecule has 0 heterocycles. The van der Waals surface area contributed by atoms with Crippen LogP contribution in [-0.2, 0) is 4.74 Å². The van der Waals surface area contributed by atoms with E-state index in [-0.39, 0.29) is 12.1 Å². The first kappa shape index (κ1) is 17.9. The van der Waals surface area contributed by atoms with Gasteiger partial charge < -0.3 is 14.8 Å². The van der Waals surface area contributed by atoms with Gasteiger partial charge in [0.15, 0.2) is 0 Å². The molecule has 0 aliphatic rings. The molecule has 120 valence electrons. The zero-order valence-corrected chi connectivity index (χ0v) is 14.2. The summed E-state index contributed by atoms with van der Waals surface area (Å²) in [6.45, 7) is 11.7. The van der Waals surface area contributed by atoms with Gasteiger partial charge in [0.25, 0.3) is 0 Å². The number of rotatable bonds is 2. The third-order valence-electron chi connectivity index (χ3n) is 2.23. The molecular formula is C18H25NO3. The lowest BCUT2D eigenvalue weighted by molar-refractivity contribution is 0.0535. The number of hydrogen-bond donors (Lipinski definition) is 1.